The predicted octanol–water partition coefficient (Wildman–Crippen LogP) is 2.68. The number of nitrogen functional groups attached to an aromatic ring is 1. The van der Waals surface area contributed by atoms with Crippen molar-refractivity contribution < 1.29 is 0 Å². The summed E-state index contributed by atoms with van der Waals surface area (Å²) in [6, 6.07) is 3.95. The van der Waals surface area contributed by atoms with Crippen LogP contribution in [0.2, 0.25) is 0 Å². The molecule has 0 aliphatic carbocycles. The first-order chi connectivity index (χ1) is 7.57. The Morgan fingerprint density at radius 3 is 2.75 bits per heavy atom. The fourth-order valence-electron chi connectivity index (χ4n) is 2.27. The molecule has 1 fully saturated rings. The molecule has 0 aromatic carbocycles. The van der Waals surface area contributed by atoms with Crippen molar-refractivity contribution in [2.24, 2.45) is 5.41 Å². The van der Waals surface area contributed by atoms with Gasteiger partial charge in [-0.2, -0.15) is 0 Å². The second-order valence-corrected chi connectivity index (χ2v) is 5.45. The molecule has 1 saturated heterocycles. The van der Waals surface area contributed by atoms with Gasteiger partial charge in [0.15, 0.2) is 0 Å². The molecule has 0 unspecified atom stereocenters. The third kappa shape index (κ3) is 2.65. The maximum atomic E-state index is 5.60. The van der Waals surface area contributed by atoms with Crippen molar-refractivity contribution in [1.29, 1.82) is 0 Å². The van der Waals surface area contributed by atoms with E-state index in [4.69, 9.17) is 5.73 Å². The molecule has 3 heteroatoms. The largest absolute Gasteiger partial charge is 0.384 e. The molecule has 0 saturated carbocycles. The highest BCUT2D eigenvalue weighted by Gasteiger charge is 2.23. The predicted molar refractivity (Wildman–Crippen MR) is 68.5 cm³/mol. The zero-order valence-corrected chi connectivity index (χ0v) is 10.2. The van der Waals surface area contributed by atoms with E-state index in [0.29, 0.717) is 11.2 Å². The summed E-state index contributed by atoms with van der Waals surface area (Å²) in [6.07, 6.45) is 5.70. The maximum absolute atomic E-state index is 5.60. The van der Waals surface area contributed by atoms with Gasteiger partial charge in [-0.05, 0) is 36.8 Å². The van der Waals surface area contributed by atoms with Crippen LogP contribution in [-0.2, 0) is 0 Å². The van der Waals surface area contributed by atoms with Crippen LogP contribution < -0.4 is 10.6 Å². The van der Waals surface area contributed by atoms with Gasteiger partial charge in [-0.1, -0.05) is 13.8 Å². The Labute approximate surface area is 97.7 Å². The Hall–Kier alpha value is -1.25. The summed E-state index contributed by atoms with van der Waals surface area (Å²) in [6.45, 7) is 6.98. The maximum Gasteiger partial charge on any atom is 0.123 e. The summed E-state index contributed by atoms with van der Waals surface area (Å²) in [5.74, 6) is 0.596. The van der Waals surface area contributed by atoms with E-state index in [2.05, 4.69) is 29.8 Å². The summed E-state index contributed by atoms with van der Waals surface area (Å²) in [4.78, 5) is 6.58. The van der Waals surface area contributed by atoms with Crippen molar-refractivity contribution in [2.75, 3.05) is 23.7 Å². The number of rotatable bonds is 1. The van der Waals surface area contributed by atoms with E-state index in [1.165, 1.54) is 24.9 Å². The number of hydrogen-bond donors (Lipinski definition) is 1. The monoisotopic (exact) mass is 219 g/mol. The quantitative estimate of drug-likeness (QED) is 0.789. The van der Waals surface area contributed by atoms with E-state index >= 15 is 0 Å². The summed E-state index contributed by atoms with van der Waals surface area (Å²) in [7, 11) is 0. The molecule has 16 heavy (non-hydrogen) atoms. The first kappa shape index (κ1) is 11.2. The summed E-state index contributed by atoms with van der Waals surface area (Å²) >= 11 is 0. The van der Waals surface area contributed by atoms with Crippen LogP contribution in [0.1, 0.15) is 33.1 Å². The van der Waals surface area contributed by atoms with Crippen LogP contribution in [0.25, 0.3) is 0 Å². The Bertz CT molecular complexity index is 343. The van der Waals surface area contributed by atoms with Crippen LogP contribution >= 0.6 is 0 Å². The van der Waals surface area contributed by atoms with Gasteiger partial charge in [-0.3, -0.25) is 0 Å². The second-order valence-electron chi connectivity index (χ2n) is 5.45. The molecule has 1 aromatic heterocycles. The van der Waals surface area contributed by atoms with E-state index in [1.807, 2.05) is 12.3 Å². The Kier molecular flexibility index (Phi) is 3.03. The average molecular weight is 219 g/mol. The van der Waals surface area contributed by atoms with Gasteiger partial charge in [0.25, 0.3) is 0 Å². The van der Waals surface area contributed by atoms with Crippen LogP contribution in [-0.4, -0.2) is 18.1 Å². The molecule has 0 amide bonds. The number of anilines is 2. The molecule has 2 rings (SSSR count). The first-order valence-corrected chi connectivity index (χ1v) is 6.03. The molecule has 0 radical (unpaired) electrons. The number of hydrogen-bond acceptors (Lipinski definition) is 3. The van der Waals surface area contributed by atoms with Gasteiger partial charge in [0.05, 0.1) is 11.9 Å². The molecule has 2 heterocycles. The molecule has 88 valence electrons. The third-order valence-electron chi connectivity index (χ3n) is 3.48. The van der Waals surface area contributed by atoms with E-state index < -0.39 is 0 Å². The van der Waals surface area contributed by atoms with Crippen LogP contribution in [0.15, 0.2) is 18.3 Å². The number of nitrogens with zero attached hydrogens (tertiary/aromatic N) is 2. The molecule has 1 aliphatic rings. The lowest BCUT2D eigenvalue weighted by atomic mass is 9.85. The van der Waals surface area contributed by atoms with E-state index in [9.17, 15) is 0 Å². The smallest absolute Gasteiger partial charge is 0.123 e. The minimum Gasteiger partial charge on any atom is -0.384 e. The standard InChI is InChI=1S/C13H21N3/c1-13(2)6-3-8-16(9-7-13)11-4-5-12(14)15-10-11/h4-5,10H,3,6-9H2,1-2H3,(H2,14,15). The molecule has 0 spiro atoms. The Morgan fingerprint density at radius 2 is 2.06 bits per heavy atom. The van der Waals surface area contributed by atoms with Crippen molar-refractivity contribution in [1.82, 2.24) is 4.98 Å². The highest BCUT2D eigenvalue weighted by Crippen LogP contribution is 2.31. The highest BCUT2D eigenvalue weighted by molar-refractivity contribution is 5.48. The van der Waals surface area contributed by atoms with Crippen molar-refractivity contribution in [3.8, 4) is 0 Å². The van der Waals surface area contributed by atoms with Gasteiger partial charge in [0.1, 0.15) is 5.82 Å². The van der Waals surface area contributed by atoms with Gasteiger partial charge in [0, 0.05) is 13.1 Å². The highest BCUT2D eigenvalue weighted by atomic mass is 15.1. The zero-order chi connectivity index (χ0) is 11.6. The van der Waals surface area contributed by atoms with E-state index in [1.54, 1.807) is 0 Å². The summed E-state index contributed by atoms with van der Waals surface area (Å²) in [5.41, 5.74) is 7.28. The van der Waals surface area contributed by atoms with Crippen molar-refractivity contribution in [3.05, 3.63) is 18.3 Å². The van der Waals surface area contributed by atoms with Gasteiger partial charge in [-0.25, -0.2) is 4.98 Å². The molecular formula is C13H21N3. The lowest BCUT2D eigenvalue weighted by Crippen LogP contribution is -2.25. The topological polar surface area (TPSA) is 42.1 Å². The van der Waals surface area contributed by atoms with Crippen molar-refractivity contribution >= 4 is 11.5 Å². The van der Waals surface area contributed by atoms with Crippen LogP contribution in [0, 0.1) is 5.41 Å². The van der Waals surface area contributed by atoms with E-state index in [0.717, 1.165) is 13.1 Å². The summed E-state index contributed by atoms with van der Waals surface area (Å²) < 4.78 is 0. The number of nitrogens with two attached hydrogens (primary N) is 1. The zero-order valence-electron chi connectivity index (χ0n) is 10.2. The SMILES string of the molecule is CC1(C)CCCN(c2ccc(N)nc2)CC1. The molecule has 1 aromatic rings. The van der Waals surface area contributed by atoms with Crippen LogP contribution in [0.3, 0.4) is 0 Å². The Morgan fingerprint density at radius 1 is 1.25 bits per heavy atom. The van der Waals surface area contributed by atoms with Crippen molar-refractivity contribution in [3.63, 3.8) is 0 Å². The minimum absolute atomic E-state index is 0.482. The van der Waals surface area contributed by atoms with Gasteiger partial charge < -0.3 is 10.6 Å². The van der Waals surface area contributed by atoms with Gasteiger partial charge in [0.2, 0.25) is 0 Å². The molecular weight excluding hydrogens is 198 g/mol. The number of aromatic nitrogens is 1. The lowest BCUT2D eigenvalue weighted by Gasteiger charge is -2.24. The van der Waals surface area contributed by atoms with Gasteiger partial charge >= 0.3 is 0 Å². The molecule has 0 atom stereocenters. The second kappa shape index (κ2) is 4.32. The molecule has 3 nitrogen and oxygen atoms in total. The fraction of sp³-hybridized carbons (Fsp3) is 0.615. The van der Waals surface area contributed by atoms with Crippen LogP contribution in [0.5, 0.6) is 0 Å². The average Bonchev–Trinajstić information content (AvgIpc) is 2.41. The van der Waals surface area contributed by atoms with Crippen LogP contribution in [0.4, 0.5) is 11.5 Å². The Balaban J connectivity index is 2.08. The minimum atomic E-state index is 0.482. The third-order valence-corrected chi connectivity index (χ3v) is 3.48. The van der Waals surface area contributed by atoms with Gasteiger partial charge in [-0.15, -0.1) is 0 Å². The lowest BCUT2D eigenvalue weighted by molar-refractivity contribution is 0.325. The molecule has 2 N–H and O–H groups in total. The van der Waals surface area contributed by atoms with E-state index in [-0.39, 0.29) is 0 Å². The molecule has 0 bridgehead atoms. The summed E-state index contributed by atoms with van der Waals surface area (Å²) in [5, 5.41) is 0. The normalized spacial score (nSPS) is 20.5. The number of pyridine rings is 1. The molecule has 1 aliphatic heterocycles. The van der Waals surface area contributed by atoms with Crippen molar-refractivity contribution in [2.45, 2.75) is 33.1 Å². The fourth-order valence-corrected chi connectivity index (χ4v) is 2.27. The first-order valence-electron chi connectivity index (χ1n) is 6.03.